The maximum absolute atomic E-state index is 14.8. The minimum Gasteiger partial charge on any atom is -0.507 e. The van der Waals surface area contributed by atoms with E-state index in [1.807, 2.05) is 13.0 Å². The molecular weight excluding hydrogens is 402 g/mol. The molecule has 29 heavy (non-hydrogen) atoms. The summed E-state index contributed by atoms with van der Waals surface area (Å²) < 4.78 is 30.3. The number of amides is 1. The van der Waals surface area contributed by atoms with Crippen molar-refractivity contribution >= 4 is 23.2 Å². The Balaban J connectivity index is 2.03. The van der Waals surface area contributed by atoms with Crippen LogP contribution in [0.4, 0.5) is 14.5 Å². The van der Waals surface area contributed by atoms with Crippen molar-refractivity contribution in [3.63, 3.8) is 0 Å². The van der Waals surface area contributed by atoms with E-state index in [1.54, 1.807) is 11.5 Å². The Kier molecular flexibility index (Phi) is 5.52. The zero-order valence-electron chi connectivity index (χ0n) is 15.4. The topological polar surface area (TPSA) is 90.9 Å². The zero-order valence-corrected chi connectivity index (χ0v) is 16.2. The lowest BCUT2D eigenvalue weighted by atomic mass is 10.0. The SMILES string of the molecule is CCn1c(C)nc(-c2cc(O)c(C(=O)Nc3c(F)cccc3Cl)cc2F)c1C#N. The molecule has 1 aromatic heterocycles. The molecule has 3 rings (SSSR count). The molecule has 0 atom stereocenters. The van der Waals surface area contributed by atoms with E-state index in [9.17, 15) is 23.9 Å². The number of aromatic nitrogens is 2. The van der Waals surface area contributed by atoms with E-state index in [1.165, 1.54) is 12.1 Å². The number of carbonyl (C=O) groups excluding carboxylic acids is 1. The molecule has 0 bridgehead atoms. The highest BCUT2D eigenvalue weighted by Gasteiger charge is 2.23. The monoisotopic (exact) mass is 416 g/mol. The van der Waals surface area contributed by atoms with E-state index in [2.05, 4.69) is 10.3 Å². The Labute approximate surface area is 170 Å². The van der Waals surface area contributed by atoms with Gasteiger partial charge in [0.2, 0.25) is 0 Å². The zero-order chi connectivity index (χ0) is 21.3. The fourth-order valence-corrected chi connectivity index (χ4v) is 3.19. The average Bonchev–Trinajstić information content (AvgIpc) is 3.01. The first-order valence-electron chi connectivity index (χ1n) is 8.53. The standard InChI is InChI=1S/C20H15ClF2N4O2/c1-3-27-10(2)25-18(16(27)9-24)11-8-17(28)12(7-15(11)23)20(29)26-19-13(21)5-4-6-14(19)22/h4-8,28H,3H2,1-2H3,(H,26,29). The number of hydrogen-bond donors (Lipinski definition) is 2. The second kappa shape index (κ2) is 7.89. The predicted octanol–water partition coefficient (Wildman–Crippen LogP) is 4.64. The second-order valence-electron chi connectivity index (χ2n) is 6.11. The van der Waals surface area contributed by atoms with Gasteiger partial charge in [0.1, 0.15) is 40.7 Å². The number of rotatable bonds is 4. The van der Waals surface area contributed by atoms with Gasteiger partial charge in [-0.1, -0.05) is 17.7 Å². The van der Waals surface area contributed by atoms with Crippen LogP contribution in [0.15, 0.2) is 30.3 Å². The molecule has 148 valence electrons. The summed E-state index contributed by atoms with van der Waals surface area (Å²) in [4.78, 5) is 16.6. The van der Waals surface area contributed by atoms with Crippen LogP contribution in [0.25, 0.3) is 11.3 Å². The molecule has 9 heteroatoms. The van der Waals surface area contributed by atoms with Crippen LogP contribution < -0.4 is 5.32 Å². The van der Waals surface area contributed by atoms with Crippen molar-refractivity contribution in [2.24, 2.45) is 0 Å². The summed E-state index contributed by atoms with van der Waals surface area (Å²) in [5.74, 6) is -2.64. The summed E-state index contributed by atoms with van der Waals surface area (Å²) in [5.41, 5.74) is -0.639. The lowest BCUT2D eigenvalue weighted by Crippen LogP contribution is -2.14. The van der Waals surface area contributed by atoms with Crippen LogP contribution >= 0.6 is 11.6 Å². The highest BCUT2D eigenvalue weighted by Crippen LogP contribution is 2.33. The number of nitrogens with one attached hydrogen (secondary N) is 1. The van der Waals surface area contributed by atoms with Gasteiger partial charge in [-0.15, -0.1) is 0 Å². The average molecular weight is 417 g/mol. The van der Waals surface area contributed by atoms with Gasteiger partial charge < -0.3 is 15.0 Å². The smallest absolute Gasteiger partial charge is 0.259 e. The van der Waals surface area contributed by atoms with E-state index >= 15 is 0 Å². The van der Waals surface area contributed by atoms with E-state index < -0.39 is 28.9 Å². The summed E-state index contributed by atoms with van der Waals surface area (Å²) in [6.07, 6.45) is 0. The lowest BCUT2D eigenvalue weighted by molar-refractivity contribution is 0.102. The first-order valence-corrected chi connectivity index (χ1v) is 8.91. The number of phenols is 1. The van der Waals surface area contributed by atoms with Crippen LogP contribution in [0.2, 0.25) is 5.02 Å². The number of phenolic OH excluding ortho intramolecular Hbond substituents is 1. The molecular formula is C20H15ClF2N4O2. The van der Waals surface area contributed by atoms with Crippen molar-refractivity contribution in [1.29, 1.82) is 5.26 Å². The van der Waals surface area contributed by atoms with Crippen molar-refractivity contribution in [1.82, 2.24) is 9.55 Å². The molecule has 0 aliphatic carbocycles. The van der Waals surface area contributed by atoms with Crippen molar-refractivity contribution in [3.8, 4) is 23.1 Å². The van der Waals surface area contributed by atoms with Gasteiger partial charge in [0.05, 0.1) is 16.3 Å². The van der Waals surface area contributed by atoms with E-state index in [-0.39, 0.29) is 27.7 Å². The van der Waals surface area contributed by atoms with Crippen molar-refractivity contribution in [2.75, 3.05) is 5.32 Å². The van der Waals surface area contributed by atoms with Gasteiger partial charge in [0.15, 0.2) is 0 Å². The quantitative estimate of drug-likeness (QED) is 0.648. The number of para-hydroxylation sites is 1. The minimum atomic E-state index is -0.948. The second-order valence-corrected chi connectivity index (χ2v) is 6.52. The number of aryl methyl sites for hydroxylation is 1. The Hall–Kier alpha value is -3.44. The molecule has 3 aromatic rings. The first kappa shape index (κ1) is 20.3. The van der Waals surface area contributed by atoms with Gasteiger partial charge in [-0.05, 0) is 38.1 Å². The number of aromatic hydroxyl groups is 1. The molecule has 2 aromatic carbocycles. The van der Waals surface area contributed by atoms with Gasteiger partial charge in [-0.3, -0.25) is 4.79 Å². The number of halogens is 3. The highest BCUT2D eigenvalue weighted by molar-refractivity contribution is 6.34. The van der Waals surface area contributed by atoms with Crippen LogP contribution in [0, 0.1) is 29.9 Å². The van der Waals surface area contributed by atoms with Gasteiger partial charge in [-0.2, -0.15) is 5.26 Å². The Bertz CT molecular complexity index is 1150. The number of nitrogens with zero attached hydrogens (tertiary/aromatic N) is 3. The molecule has 0 spiro atoms. The maximum atomic E-state index is 14.8. The first-order chi connectivity index (χ1) is 13.8. The molecule has 1 heterocycles. The number of carbonyl (C=O) groups is 1. The molecule has 6 nitrogen and oxygen atoms in total. The van der Waals surface area contributed by atoms with E-state index in [0.717, 1.165) is 18.2 Å². The summed E-state index contributed by atoms with van der Waals surface area (Å²) in [6, 6.07) is 7.63. The number of benzene rings is 2. The third-order valence-electron chi connectivity index (χ3n) is 4.37. The van der Waals surface area contributed by atoms with E-state index in [4.69, 9.17) is 11.6 Å². The third-order valence-corrected chi connectivity index (χ3v) is 4.68. The van der Waals surface area contributed by atoms with Crippen LogP contribution in [-0.2, 0) is 6.54 Å². The number of nitriles is 1. The normalized spacial score (nSPS) is 10.6. The number of imidazole rings is 1. The van der Waals surface area contributed by atoms with Crippen molar-refractivity contribution in [2.45, 2.75) is 20.4 Å². The molecule has 0 radical (unpaired) electrons. The van der Waals surface area contributed by atoms with Crippen LogP contribution in [0.1, 0.15) is 28.8 Å². The van der Waals surface area contributed by atoms with Crippen molar-refractivity contribution < 1.29 is 18.7 Å². The number of anilines is 1. The number of hydrogen-bond acceptors (Lipinski definition) is 4. The Morgan fingerprint density at radius 3 is 2.69 bits per heavy atom. The van der Waals surface area contributed by atoms with Gasteiger partial charge in [0, 0.05) is 12.1 Å². The Morgan fingerprint density at radius 1 is 1.34 bits per heavy atom. The van der Waals surface area contributed by atoms with Crippen molar-refractivity contribution in [3.05, 3.63) is 64.1 Å². The molecule has 0 saturated carbocycles. The highest BCUT2D eigenvalue weighted by atomic mass is 35.5. The van der Waals surface area contributed by atoms with Crippen LogP contribution in [-0.4, -0.2) is 20.6 Å². The summed E-state index contributed by atoms with van der Waals surface area (Å²) in [7, 11) is 0. The molecule has 0 aliphatic rings. The van der Waals surface area contributed by atoms with Gasteiger partial charge in [-0.25, -0.2) is 13.8 Å². The van der Waals surface area contributed by atoms with Gasteiger partial charge in [0.25, 0.3) is 5.91 Å². The molecule has 2 N–H and O–H groups in total. The van der Waals surface area contributed by atoms with Gasteiger partial charge >= 0.3 is 0 Å². The predicted molar refractivity (Wildman–Crippen MR) is 104 cm³/mol. The largest absolute Gasteiger partial charge is 0.507 e. The van der Waals surface area contributed by atoms with Crippen LogP contribution in [0.5, 0.6) is 5.75 Å². The minimum absolute atomic E-state index is 0.0471. The lowest BCUT2D eigenvalue weighted by Gasteiger charge is -2.11. The molecule has 1 amide bonds. The van der Waals surface area contributed by atoms with Crippen LogP contribution in [0.3, 0.4) is 0 Å². The molecule has 0 unspecified atom stereocenters. The summed E-state index contributed by atoms with van der Waals surface area (Å²) in [5, 5.41) is 21.9. The fourth-order valence-electron chi connectivity index (χ4n) is 2.98. The third kappa shape index (κ3) is 3.65. The maximum Gasteiger partial charge on any atom is 0.259 e. The van der Waals surface area contributed by atoms with E-state index in [0.29, 0.717) is 12.4 Å². The Morgan fingerprint density at radius 2 is 2.07 bits per heavy atom. The summed E-state index contributed by atoms with van der Waals surface area (Å²) >= 11 is 5.87. The molecule has 0 fully saturated rings. The molecule has 0 aliphatic heterocycles. The molecule has 0 saturated heterocycles. The summed E-state index contributed by atoms with van der Waals surface area (Å²) in [6.45, 7) is 3.94. The fraction of sp³-hybridized carbons (Fsp3) is 0.150.